The summed E-state index contributed by atoms with van der Waals surface area (Å²) in [4.78, 5) is 112. The van der Waals surface area contributed by atoms with Crippen LogP contribution in [0.15, 0.2) is 108 Å². The minimum absolute atomic E-state index is 0.0164. The SMILES string of the molecule is CCNc1[nH]c(=O)n(O)c(=O)c1C(=O)N(C)c1cccc(C)c1.O=C(OCc1ccc(F)cc1)c1c2n(c(=O)n(O)c1=O)CCCN2.O=C(OCc1ccccc1)c1c(O)n(O)c(=O)[nH]c1=O. The molecule has 0 bridgehead atoms. The maximum absolute atomic E-state index is 12.9. The van der Waals surface area contributed by atoms with Gasteiger partial charge in [0.15, 0.2) is 11.1 Å². The molecule has 1 aliphatic rings. The van der Waals surface area contributed by atoms with Gasteiger partial charge < -0.3 is 45.7 Å². The lowest BCUT2D eigenvalue weighted by Crippen LogP contribution is -2.45. The van der Waals surface area contributed by atoms with E-state index in [1.54, 1.807) is 60.4 Å². The predicted octanol–water partition coefficient (Wildman–Crippen LogP) is 1.19. The van der Waals surface area contributed by atoms with E-state index in [4.69, 9.17) is 14.7 Å². The second-order valence-electron chi connectivity index (χ2n) is 14.1. The number of halogens is 1. The number of rotatable bonds is 10. The molecule has 1 aliphatic heterocycles. The standard InChI is InChI=1S/C15H14FN3O5.C15H18N4O4.C12H10N2O6/c16-10-4-2-9(3-5-10)8-24-14(21)11-12-17-6-1-7-18(12)15(22)19(23)13(11)20;1-4-16-12-11(14(21)19(23)15(22)17-12)13(20)18(3)10-7-5-6-9(2)8-10;15-9-8(10(16)14(19)12(18)13-9)11(17)20-6-7-4-2-1-3-5-7/h2-5,17,23H,1,6-8H2;5-8,16,23H,4H2,1-3H3,(H,17,22);1-5,16,19H,6H2,(H,13,15,18). The predicted molar refractivity (Wildman–Crippen MR) is 233 cm³/mol. The van der Waals surface area contributed by atoms with E-state index in [1.165, 1.54) is 36.2 Å². The van der Waals surface area contributed by atoms with Crippen LogP contribution < -0.4 is 49.3 Å². The van der Waals surface area contributed by atoms with E-state index in [2.05, 4.69) is 15.6 Å². The summed E-state index contributed by atoms with van der Waals surface area (Å²) in [5, 5.41) is 43.2. The van der Waals surface area contributed by atoms with Crippen molar-refractivity contribution in [1.29, 1.82) is 0 Å². The molecule has 4 heterocycles. The summed E-state index contributed by atoms with van der Waals surface area (Å²) < 4.78 is 23.4. The summed E-state index contributed by atoms with van der Waals surface area (Å²) in [5.74, 6) is -4.36. The summed E-state index contributed by atoms with van der Waals surface area (Å²) in [7, 11) is 1.51. The molecule has 8 N–H and O–H groups in total. The van der Waals surface area contributed by atoms with Gasteiger partial charge >= 0.3 is 40.1 Å². The lowest BCUT2D eigenvalue weighted by Gasteiger charge is -2.22. The zero-order valence-electron chi connectivity index (χ0n) is 35.6. The second kappa shape index (κ2) is 21.5. The number of fused-ring (bicyclic) bond motifs is 1. The van der Waals surface area contributed by atoms with Crippen molar-refractivity contribution in [3.05, 3.63) is 181 Å². The molecule has 0 fully saturated rings. The average molecular weight is 932 g/mol. The number of hydrogen-bond acceptors (Lipinski definition) is 17. The molecule has 1 amide bonds. The van der Waals surface area contributed by atoms with Crippen molar-refractivity contribution < 1.29 is 49.0 Å². The molecule has 0 aliphatic carbocycles. The number of aromatic nitrogens is 6. The van der Waals surface area contributed by atoms with Crippen molar-refractivity contribution in [2.45, 2.75) is 40.0 Å². The lowest BCUT2D eigenvalue weighted by molar-refractivity contribution is 0.0448. The van der Waals surface area contributed by atoms with E-state index in [0.29, 0.717) is 36.3 Å². The molecule has 7 rings (SSSR count). The van der Waals surface area contributed by atoms with Gasteiger partial charge in [-0.05, 0) is 61.2 Å². The van der Waals surface area contributed by atoms with Gasteiger partial charge in [0.2, 0.25) is 0 Å². The van der Waals surface area contributed by atoms with Gasteiger partial charge in [-0.2, -0.15) is 0 Å². The highest BCUT2D eigenvalue weighted by Gasteiger charge is 2.28. The number of nitrogens with one attached hydrogen (secondary N) is 4. The number of aromatic amines is 2. The van der Waals surface area contributed by atoms with Gasteiger partial charge in [0.25, 0.3) is 17.3 Å². The molecular weight excluding hydrogens is 890 g/mol. The van der Waals surface area contributed by atoms with Crippen molar-refractivity contribution >= 4 is 35.2 Å². The van der Waals surface area contributed by atoms with Crippen LogP contribution >= 0.6 is 0 Å². The molecule has 0 saturated carbocycles. The van der Waals surface area contributed by atoms with E-state index in [0.717, 1.165) is 10.1 Å². The van der Waals surface area contributed by atoms with E-state index >= 15 is 0 Å². The Labute approximate surface area is 374 Å². The third-order valence-electron chi connectivity index (χ3n) is 9.49. The molecule has 6 aromatic rings. The monoisotopic (exact) mass is 931 g/mol. The Morgan fingerprint density at radius 2 is 1.36 bits per heavy atom. The number of H-pyrrole nitrogens is 2. The number of benzene rings is 3. The van der Waals surface area contributed by atoms with Crippen LogP contribution in [-0.4, -0.2) is 87.4 Å². The van der Waals surface area contributed by atoms with Crippen molar-refractivity contribution in [2.24, 2.45) is 0 Å². The van der Waals surface area contributed by atoms with Crippen molar-refractivity contribution in [3.63, 3.8) is 0 Å². The summed E-state index contributed by atoms with van der Waals surface area (Å²) in [6.45, 7) is 4.46. The summed E-state index contributed by atoms with van der Waals surface area (Å²) in [6.07, 6.45) is 0.606. The van der Waals surface area contributed by atoms with Crippen LogP contribution in [0.5, 0.6) is 5.88 Å². The van der Waals surface area contributed by atoms with E-state index in [9.17, 15) is 63.1 Å². The highest BCUT2D eigenvalue weighted by atomic mass is 19.1. The summed E-state index contributed by atoms with van der Waals surface area (Å²) in [6, 6.07) is 21.1. The van der Waals surface area contributed by atoms with Gasteiger partial charge in [-0.3, -0.25) is 33.7 Å². The van der Waals surface area contributed by atoms with Crippen LogP contribution in [0.25, 0.3) is 0 Å². The number of ether oxygens (including phenoxy) is 2. The molecule has 0 atom stereocenters. The molecular formula is C42H42FN9O15. The maximum Gasteiger partial charge on any atom is 0.366 e. The molecule has 0 radical (unpaired) electrons. The zero-order chi connectivity index (χ0) is 49.1. The molecule has 352 valence electrons. The van der Waals surface area contributed by atoms with Crippen molar-refractivity contribution in [2.75, 3.05) is 35.7 Å². The molecule has 3 aromatic heterocycles. The number of hydrogen-bond donors (Lipinski definition) is 8. The van der Waals surface area contributed by atoms with E-state index in [-0.39, 0.29) is 51.1 Å². The topological polar surface area (TPSA) is 332 Å². The third-order valence-corrected chi connectivity index (χ3v) is 9.49. The number of esters is 2. The van der Waals surface area contributed by atoms with Crippen molar-refractivity contribution in [3.8, 4) is 5.88 Å². The molecule has 25 heteroatoms. The van der Waals surface area contributed by atoms with Crippen LogP contribution in [0.1, 0.15) is 61.1 Å². The van der Waals surface area contributed by atoms with Crippen LogP contribution in [-0.2, 0) is 29.2 Å². The van der Waals surface area contributed by atoms with Crippen LogP contribution in [0.4, 0.5) is 21.7 Å². The molecule has 0 spiro atoms. The van der Waals surface area contributed by atoms with Gasteiger partial charge in [-0.15, -0.1) is 0 Å². The first kappa shape index (κ1) is 48.9. The zero-order valence-corrected chi connectivity index (χ0v) is 35.6. The highest BCUT2D eigenvalue weighted by Crippen LogP contribution is 2.19. The van der Waals surface area contributed by atoms with Gasteiger partial charge in [0.05, 0.1) is 0 Å². The molecule has 0 saturated heterocycles. The van der Waals surface area contributed by atoms with Crippen molar-refractivity contribution in [1.82, 2.24) is 28.7 Å². The molecule has 3 aromatic carbocycles. The lowest BCUT2D eigenvalue weighted by atomic mass is 10.2. The number of carbonyl (C=O) groups excluding carboxylic acids is 3. The Hall–Kier alpha value is -9.16. The number of aryl methyl sites for hydroxylation is 1. The number of amides is 1. The largest absolute Gasteiger partial charge is 0.492 e. The Balaban J connectivity index is 0.000000189. The molecule has 67 heavy (non-hydrogen) atoms. The minimum Gasteiger partial charge on any atom is -0.492 e. The molecule has 24 nitrogen and oxygen atoms in total. The van der Waals surface area contributed by atoms with E-state index in [1.807, 2.05) is 13.0 Å². The first-order valence-corrected chi connectivity index (χ1v) is 19.8. The van der Waals surface area contributed by atoms with Crippen LogP contribution in [0, 0.1) is 12.7 Å². The fourth-order valence-electron chi connectivity index (χ4n) is 6.11. The Kier molecular flexibility index (Phi) is 15.7. The van der Waals surface area contributed by atoms with Gasteiger partial charge in [-0.25, -0.2) is 28.4 Å². The first-order valence-electron chi connectivity index (χ1n) is 19.8. The van der Waals surface area contributed by atoms with Gasteiger partial charge in [0.1, 0.15) is 36.2 Å². The average Bonchev–Trinajstić information content (AvgIpc) is 3.31. The first-order chi connectivity index (χ1) is 31.9. The number of carbonyl (C=O) groups is 3. The van der Waals surface area contributed by atoms with Gasteiger partial charge in [0, 0.05) is 32.4 Å². The molecule has 0 unspecified atom stereocenters. The smallest absolute Gasteiger partial charge is 0.366 e. The Morgan fingerprint density at radius 1 is 0.761 bits per heavy atom. The third kappa shape index (κ3) is 11.3. The van der Waals surface area contributed by atoms with Crippen LogP contribution in [0.2, 0.25) is 0 Å². The Bertz CT molecular complexity index is 3180. The number of anilines is 3. The summed E-state index contributed by atoms with van der Waals surface area (Å²) in [5.41, 5.74) is -5.43. The summed E-state index contributed by atoms with van der Waals surface area (Å²) >= 11 is 0. The van der Waals surface area contributed by atoms with Crippen LogP contribution in [0.3, 0.4) is 0 Å². The fraction of sp³-hybridized carbons (Fsp3) is 0.214. The quantitative estimate of drug-likeness (QED) is 0.0706. The Morgan fingerprint density at radius 3 is 1.99 bits per heavy atom. The maximum atomic E-state index is 12.9. The van der Waals surface area contributed by atoms with E-state index < -0.39 is 74.4 Å². The highest BCUT2D eigenvalue weighted by molar-refractivity contribution is 6.08. The normalized spacial score (nSPS) is 11.3. The number of nitrogens with zero attached hydrogens (tertiary/aromatic N) is 5. The second-order valence-corrected chi connectivity index (χ2v) is 14.1. The fourth-order valence-corrected chi connectivity index (χ4v) is 6.11. The van der Waals surface area contributed by atoms with Gasteiger partial charge in [-0.1, -0.05) is 68.8 Å². The minimum atomic E-state index is -1.26. The number of aromatic hydroxyl groups is 1.